The van der Waals surface area contributed by atoms with Gasteiger partial charge in [0, 0.05) is 67.4 Å². The van der Waals surface area contributed by atoms with Crippen LogP contribution in [0.25, 0.3) is 10.9 Å². The van der Waals surface area contributed by atoms with Crippen molar-refractivity contribution in [1.82, 2.24) is 24.7 Å². The summed E-state index contributed by atoms with van der Waals surface area (Å²) in [5.41, 5.74) is 3.11. The second-order valence-electron chi connectivity index (χ2n) is 10.1. The third kappa shape index (κ3) is 3.98. The van der Waals surface area contributed by atoms with E-state index in [4.69, 9.17) is 0 Å². The minimum Gasteiger partial charge on any atom is -0.361 e. The molecule has 0 saturated carbocycles. The molecule has 2 N–H and O–H groups in total. The molecule has 0 unspecified atom stereocenters. The summed E-state index contributed by atoms with van der Waals surface area (Å²) in [6.07, 6.45) is 3.96. The SMILES string of the molecule is O=C(CC[C@@H]1NC(=O)N(CCc2c[nH]c3ccccc23)C1=O)N1C[C@@H]2C[C@H](C1)c1cccc(=O)n1C2. The molecule has 0 aliphatic carbocycles. The Labute approximate surface area is 208 Å². The van der Waals surface area contributed by atoms with Crippen LogP contribution >= 0.6 is 0 Å². The van der Waals surface area contributed by atoms with E-state index in [1.54, 1.807) is 12.1 Å². The number of carbonyl (C=O) groups excluding carboxylic acids is 3. The summed E-state index contributed by atoms with van der Waals surface area (Å²) in [5.74, 6) is 0.142. The predicted molar refractivity (Wildman–Crippen MR) is 133 cm³/mol. The molecule has 5 heterocycles. The second-order valence-corrected chi connectivity index (χ2v) is 10.1. The zero-order chi connectivity index (χ0) is 24.8. The fourth-order valence-electron chi connectivity index (χ4n) is 6.08. The van der Waals surface area contributed by atoms with Crippen molar-refractivity contribution in [2.24, 2.45) is 5.92 Å². The van der Waals surface area contributed by atoms with Gasteiger partial charge in [0.2, 0.25) is 5.91 Å². The summed E-state index contributed by atoms with van der Waals surface area (Å²) < 4.78 is 1.85. The van der Waals surface area contributed by atoms with Crippen LogP contribution in [-0.4, -0.2) is 62.9 Å². The molecular formula is C27H29N5O4. The number of nitrogens with zero attached hydrogens (tertiary/aromatic N) is 3. The zero-order valence-electron chi connectivity index (χ0n) is 20.0. The lowest BCUT2D eigenvalue weighted by molar-refractivity contribution is -0.134. The van der Waals surface area contributed by atoms with Crippen molar-refractivity contribution < 1.29 is 14.4 Å². The topological polar surface area (TPSA) is 108 Å². The van der Waals surface area contributed by atoms with Gasteiger partial charge in [-0.05, 0) is 42.9 Å². The van der Waals surface area contributed by atoms with E-state index in [9.17, 15) is 19.2 Å². The highest BCUT2D eigenvalue weighted by Crippen LogP contribution is 2.35. The van der Waals surface area contributed by atoms with Crippen LogP contribution < -0.4 is 10.9 Å². The largest absolute Gasteiger partial charge is 0.361 e. The van der Waals surface area contributed by atoms with E-state index in [0.717, 1.165) is 28.6 Å². The molecular weight excluding hydrogens is 458 g/mol. The van der Waals surface area contributed by atoms with Gasteiger partial charge >= 0.3 is 6.03 Å². The molecule has 3 aliphatic rings. The molecule has 1 aromatic carbocycles. The van der Waals surface area contributed by atoms with Gasteiger partial charge in [-0.15, -0.1) is 0 Å². The lowest BCUT2D eigenvalue weighted by Gasteiger charge is -2.42. The summed E-state index contributed by atoms with van der Waals surface area (Å²) in [6.45, 7) is 2.14. The maximum absolute atomic E-state index is 13.1. The van der Waals surface area contributed by atoms with Crippen molar-refractivity contribution in [3.8, 4) is 0 Å². The quantitative estimate of drug-likeness (QED) is 0.520. The number of nitrogens with one attached hydrogen (secondary N) is 2. The molecule has 2 aromatic heterocycles. The molecule has 36 heavy (non-hydrogen) atoms. The highest BCUT2D eigenvalue weighted by Gasteiger charge is 2.39. The van der Waals surface area contributed by atoms with E-state index in [2.05, 4.69) is 10.3 Å². The average molecular weight is 488 g/mol. The molecule has 6 rings (SSSR count). The summed E-state index contributed by atoms with van der Waals surface area (Å²) in [6, 6.07) is 12.2. The zero-order valence-corrected chi connectivity index (χ0v) is 20.0. The van der Waals surface area contributed by atoms with E-state index in [0.29, 0.717) is 32.6 Å². The molecule has 186 valence electrons. The molecule has 0 radical (unpaired) electrons. The minimum absolute atomic E-state index is 0.00396. The number of amides is 4. The molecule has 3 aliphatic heterocycles. The summed E-state index contributed by atoms with van der Waals surface area (Å²) in [5, 5.41) is 3.85. The first-order valence-corrected chi connectivity index (χ1v) is 12.6. The summed E-state index contributed by atoms with van der Waals surface area (Å²) in [4.78, 5) is 57.1. The van der Waals surface area contributed by atoms with Gasteiger partial charge in [-0.1, -0.05) is 24.3 Å². The van der Waals surface area contributed by atoms with Gasteiger partial charge in [-0.2, -0.15) is 0 Å². The first-order chi connectivity index (χ1) is 17.5. The summed E-state index contributed by atoms with van der Waals surface area (Å²) in [7, 11) is 0. The first kappa shape index (κ1) is 22.6. The fourth-order valence-corrected chi connectivity index (χ4v) is 6.08. The number of hydrogen-bond acceptors (Lipinski definition) is 4. The molecule has 9 heteroatoms. The van der Waals surface area contributed by atoms with Crippen molar-refractivity contribution in [2.45, 2.75) is 44.2 Å². The van der Waals surface area contributed by atoms with Crippen molar-refractivity contribution in [3.05, 3.63) is 70.3 Å². The Morgan fingerprint density at radius 1 is 1.00 bits per heavy atom. The average Bonchev–Trinajstić information content (AvgIpc) is 3.41. The Bertz CT molecular complexity index is 1410. The number of rotatable bonds is 6. The Hall–Kier alpha value is -3.88. The highest BCUT2D eigenvalue weighted by atomic mass is 16.2. The van der Waals surface area contributed by atoms with E-state index in [1.807, 2.05) is 46.0 Å². The first-order valence-electron chi connectivity index (χ1n) is 12.6. The number of piperidine rings is 1. The van der Waals surface area contributed by atoms with E-state index >= 15 is 0 Å². The number of para-hydroxylation sites is 1. The lowest BCUT2D eigenvalue weighted by atomic mass is 9.83. The van der Waals surface area contributed by atoms with Gasteiger partial charge in [0.15, 0.2) is 0 Å². The van der Waals surface area contributed by atoms with Gasteiger partial charge in [-0.25, -0.2) is 4.79 Å². The van der Waals surface area contributed by atoms with E-state index in [1.165, 1.54) is 4.90 Å². The minimum atomic E-state index is -0.673. The Kier molecular flexibility index (Phi) is 5.62. The van der Waals surface area contributed by atoms with Crippen LogP contribution in [-0.2, 0) is 22.6 Å². The van der Waals surface area contributed by atoms with Crippen LogP contribution in [0.15, 0.2) is 53.5 Å². The molecule has 2 bridgehead atoms. The molecule has 3 aromatic rings. The number of fused-ring (bicyclic) bond motifs is 5. The maximum atomic E-state index is 13.1. The van der Waals surface area contributed by atoms with Crippen LogP contribution in [0.3, 0.4) is 0 Å². The number of imide groups is 1. The van der Waals surface area contributed by atoms with Crippen LogP contribution in [0, 0.1) is 5.92 Å². The Morgan fingerprint density at radius 2 is 1.86 bits per heavy atom. The van der Waals surface area contributed by atoms with Gasteiger partial charge in [0.25, 0.3) is 11.5 Å². The predicted octanol–water partition coefficient (Wildman–Crippen LogP) is 2.22. The smallest absolute Gasteiger partial charge is 0.324 e. The maximum Gasteiger partial charge on any atom is 0.324 e. The number of aromatic nitrogens is 2. The number of carbonyl (C=O) groups is 3. The molecule has 0 spiro atoms. The normalized spacial score (nSPS) is 23.2. The number of benzene rings is 1. The van der Waals surface area contributed by atoms with Gasteiger partial charge in [-0.3, -0.25) is 19.3 Å². The highest BCUT2D eigenvalue weighted by molar-refractivity contribution is 6.04. The number of likely N-dealkylation sites (tertiary alicyclic amines) is 1. The third-order valence-corrected chi connectivity index (χ3v) is 7.87. The van der Waals surface area contributed by atoms with Gasteiger partial charge in [0.1, 0.15) is 6.04 Å². The van der Waals surface area contributed by atoms with Crippen LogP contribution in [0.4, 0.5) is 4.79 Å². The van der Waals surface area contributed by atoms with Crippen molar-refractivity contribution in [3.63, 3.8) is 0 Å². The van der Waals surface area contributed by atoms with Gasteiger partial charge in [0.05, 0.1) is 0 Å². The summed E-state index contributed by atoms with van der Waals surface area (Å²) >= 11 is 0. The standard InChI is InChI=1S/C27H29N5O4/c33-24(30-14-17-12-19(16-30)23-6-3-7-25(34)32(23)15-17)9-8-22-26(35)31(27(36)29-22)11-10-18-13-28-21-5-2-1-4-20(18)21/h1-7,13,17,19,22,28H,8-12,14-16H2,(H,29,36)/t17-,19+,22-/m0/s1. The molecule has 2 saturated heterocycles. The number of urea groups is 1. The number of pyridine rings is 1. The van der Waals surface area contributed by atoms with E-state index < -0.39 is 12.1 Å². The monoisotopic (exact) mass is 487 g/mol. The van der Waals surface area contributed by atoms with Crippen LogP contribution in [0.5, 0.6) is 0 Å². The second kappa shape index (κ2) is 8.96. The van der Waals surface area contributed by atoms with Crippen LogP contribution in [0.2, 0.25) is 0 Å². The van der Waals surface area contributed by atoms with Crippen molar-refractivity contribution >= 4 is 28.7 Å². The molecule has 4 amide bonds. The number of hydrogen-bond donors (Lipinski definition) is 2. The molecule has 3 atom stereocenters. The molecule has 2 fully saturated rings. The third-order valence-electron chi connectivity index (χ3n) is 7.87. The van der Waals surface area contributed by atoms with Crippen molar-refractivity contribution in [2.75, 3.05) is 19.6 Å². The number of aromatic amines is 1. The number of H-pyrrole nitrogens is 1. The van der Waals surface area contributed by atoms with E-state index in [-0.39, 0.29) is 42.1 Å². The Morgan fingerprint density at radius 3 is 2.75 bits per heavy atom. The van der Waals surface area contributed by atoms with Crippen LogP contribution in [0.1, 0.15) is 36.4 Å². The lowest BCUT2D eigenvalue weighted by Crippen LogP contribution is -2.49. The van der Waals surface area contributed by atoms with Gasteiger partial charge < -0.3 is 19.8 Å². The fraction of sp³-hybridized carbons (Fsp3) is 0.407. The molecule has 9 nitrogen and oxygen atoms in total. The Balaban J connectivity index is 1.05. The van der Waals surface area contributed by atoms with Crippen molar-refractivity contribution in [1.29, 1.82) is 0 Å².